The molecule has 14 heteroatoms. The molecule has 284 valence electrons. The highest BCUT2D eigenvalue weighted by Gasteiger charge is 2.44. The van der Waals surface area contributed by atoms with E-state index < -0.39 is 76.6 Å². The fraction of sp³-hybridized carbons (Fsp3) is 0.912. The molecule has 0 aliphatic carbocycles. The van der Waals surface area contributed by atoms with Gasteiger partial charge in [0.25, 0.3) is 0 Å². The van der Waals surface area contributed by atoms with E-state index in [4.69, 9.17) is 28.4 Å². The van der Waals surface area contributed by atoms with Gasteiger partial charge in [-0.1, -0.05) is 20.8 Å². The summed E-state index contributed by atoms with van der Waals surface area (Å²) in [7, 11) is 0. The Morgan fingerprint density at radius 3 is 1.12 bits per heavy atom. The van der Waals surface area contributed by atoms with Crippen LogP contribution in [0.2, 0.25) is 0 Å². The second-order valence-corrected chi connectivity index (χ2v) is 16.2. The minimum atomic E-state index is -1.72. The van der Waals surface area contributed by atoms with E-state index in [1.807, 2.05) is 0 Å². The van der Waals surface area contributed by atoms with Crippen LogP contribution in [0, 0.1) is 5.41 Å². The molecule has 0 fully saturated rings. The third-order valence-corrected chi connectivity index (χ3v) is 6.41. The number of aliphatic hydroxyl groups excluding tert-OH is 4. The summed E-state index contributed by atoms with van der Waals surface area (Å²) >= 11 is 0. The van der Waals surface area contributed by atoms with Crippen LogP contribution in [0.1, 0.15) is 102 Å². The van der Waals surface area contributed by atoms with Gasteiger partial charge in [-0.25, -0.2) is 0 Å². The molecule has 48 heavy (non-hydrogen) atoms. The van der Waals surface area contributed by atoms with Crippen molar-refractivity contribution in [1.29, 1.82) is 0 Å². The number of esters is 3. The van der Waals surface area contributed by atoms with Crippen molar-refractivity contribution in [3.05, 3.63) is 0 Å². The highest BCUT2D eigenvalue weighted by molar-refractivity contribution is 5.70. The Kier molecular flexibility index (Phi) is 19.3. The van der Waals surface area contributed by atoms with Gasteiger partial charge in [-0.2, -0.15) is 0 Å². The van der Waals surface area contributed by atoms with Crippen molar-refractivity contribution in [2.24, 2.45) is 5.41 Å². The van der Waals surface area contributed by atoms with E-state index in [9.17, 15) is 34.8 Å². The molecule has 0 heterocycles. The maximum atomic E-state index is 12.3. The van der Waals surface area contributed by atoms with Gasteiger partial charge in [0, 0.05) is 6.04 Å². The van der Waals surface area contributed by atoms with Crippen molar-refractivity contribution < 1.29 is 63.2 Å². The van der Waals surface area contributed by atoms with Crippen molar-refractivity contribution in [2.75, 3.05) is 46.2 Å². The van der Waals surface area contributed by atoms with Crippen molar-refractivity contribution >= 4 is 17.9 Å². The van der Waals surface area contributed by atoms with Gasteiger partial charge in [0.2, 0.25) is 0 Å². The van der Waals surface area contributed by atoms with Crippen molar-refractivity contribution in [3.63, 3.8) is 0 Å². The Morgan fingerprint density at radius 2 is 0.875 bits per heavy atom. The van der Waals surface area contributed by atoms with Gasteiger partial charge in [0.05, 0.1) is 77.2 Å². The molecule has 0 bridgehead atoms. The van der Waals surface area contributed by atoms with Crippen molar-refractivity contribution in [3.8, 4) is 0 Å². The Hall–Kier alpha value is -1.91. The Morgan fingerprint density at radius 1 is 0.562 bits per heavy atom. The van der Waals surface area contributed by atoms with E-state index in [0.29, 0.717) is 0 Å². The van der Waals surface area contributed by atoms with E-state index in [1.54, 1.807) is 83.1 Å². The maximum Gasteiger partial charge on any atom is 0.308 e. The summed E-state index contributed by atoms with van der Waals surface area (Å²) < 4.78 is 34.0. The van der Waals surface area contributed by atoms with E-state index in [0.717, 1.165) is 0 Å². The molecule has 0 aliphatic heterocycles. The van der Waals surface area contributed by atoms with Crippen molar-refractivity contribution in [2.45, 2.75) is 149 Å². The van der Waals surface area contributed by atoms with Gasteiger partial charge < -0.3 is 48.8 Å². The van der Waals surface area contributed by atoms with Gasteiger partial charge in [-0.05, 0) is 67.7 Å². The largest absolute Gasteiger partial charge is 0.460 e. The van der Waals surface area contributed by atoms with Crippen LogP contribution < -0.4 is 5.32 Å². The van der Waals surface area contributed by atoms with Crippen LogP contribution in [0.3, 0.4) is 0 Å². The number of aliphatic hydroxyl groups is 4. The Balaban J connectivity index is 6.31. The SMILES string of the molecule is CC(C)(C)OC(=O)CCOCC(COCCC(=O)OC(C)(C)C)(COCCC(=O)OC(C)(C)C)NC([C@H](O)[C@@H](O)[C@H](O)CO)C(C)(C)C. The molecule has 5 N–H and O–H groups in total. The van der Waals surface area contributed by atoms with Crippen LogP contribution in [0.15, 0.2) is 0 Å². The molecule has 0 spiro atoms. The highest BCUT2D eigenvalue weighted by Crippen LogP contribution is 2.27. The summed E-state index contributed by atoms with van der Waals surface area (Å²) in [6, 6.07) is -0.952. The molecule has 1 unspecified atom stereocenters. The summed E-state index contributed by atoms with van der Waals surface area (Å²) in [5.74, 6) is -1.40. The molecular weight excluding hydrogens is 630 g/mol. The summed E-state index contributed by atoms with van der Waals surface area (Å²) in [6.07, 6.45) is -5.10. The molecule has 0 radical (unpaired) electrons. The van der Waals surface area contributed by atoms with Crippen LogP contribution in [0.4, 0.5) is 0 Å². The van der Waals surface area contributed by atoms with Crippen LogP contribution in [0.5, 0.6) is 0 Å². The number of rotatable bonds is 21. The van der Waals surface area contributed by atoms with Gasteiger partial charge in [0.15, 0.2) is 0 Å². The van der Waals surface area contributed by atoms with E-state index in [-0.39, 0.29) is 58.9 Å². The minimum Gasteiger partial charge on any atom is -0.460 e. The molecule has 0 rings (SSSR count). The first-order chi connectivity index (χ1) is 21.7. The summed E-state index contributed by atoms with van der Waals surface area (Å²) in [5, 5.41) is 44.8. The maximum absolute atomic E-state index is 12.3. The van der Waals surface area contributed by atoms with Crippen molar-refractivity contribution in [1.82, 2.24) is 5.32 Å². The molecule has 0 saturated heterocycles. The molecule has 0 saturated carbocycles. The standard InChI is InChI=1S/C34H65NO13/c1-30(2,3)29(28(42)27(41)23(37)19-36)35-34(20-43-16-13-24(38)46-31(4,5)6,21-44-17-14-25(39)47-32(7,8)9)22-45-18-15-26(40)48-33(10,11)12/h23,27-29,35-37,41-42H,13-22H2,1-12H3/t23-,27+,28-,29?/m1/s1. The zero-order valence-electron chi connectivity index (χ0n) is 31.3. The topological polar surface area (TPSA) is 200 Å². The van der Waals surface area contributed by atoms with Gasteiger partial charge >= 0.3 is 17.9 Å². The summed E-state index contributed by atoms with van der Waals surface area (Å²) in [5.41, 5.74) is -4.09. The quantitative estimate of drug-likeness (QED) is 0.0664. The predicted molar refractivity (Wildman–Crippen MR) is 178 cm³/mol. The van der Waals surface area contributed by atoms with E-state index in [2.05, 4.69) is 5.32 Å². The van der Waals surface area contributed by atoms with Crippen LogP contribution >= 0.6 is 0 Å². The Bertz CT molecular complexity index is 872. The number of nitrogens with one attached hydrogen (secondary N) is 1. The third-order valence-electron chi connectivity index (χ3n) is 6.41. The average molecular weight is 696 g/mol. The zero-order valence-corrected chi connectivity index (χ0v) is 31.3. The van der Waals surface area contributed by atoms with E-state index >= 15 is 0 Å². The van der Waals surface area contributed by atoms with E-state index in [1.165, 1.54) is 0 Å². The smallest absolute Gasteiger partial charge is 0.308 e. The fourth-order valence-electron chi connectivity index (χ4n) is 4.37. The molecule has 14 nitrogen and oxygen atoms in total. The molecule has 0 aliphatic rings. The summed E-state index contributed by atoms with van der Waals surface area (Å²) in [6.45, 7) is 19.8. The van der Waals surface area contributed by atoms with Gasteiger partial charge in [-0.15, -0.1) is 0 Å². The third kappa shape index (κ3) is 21.2. The molecule has 0 amide bonds. The number of carbonyl (C=O) groups is 3. The lowest BCUT2D eigenvalue weighted by Gasteiger charge is -2.45. The number of carbonyl (C=O) groups excluding carboxylic acids is 3. The molecule has 4 atom stereocenters. The second kappa shape index (κ2) is 20.1. The second-order valence-electron chi connectivity index (χ2n) is 16.2. The first kappa shape index (κ1) is 46.1. The number of hydrogen-bond acceptors (Lipinski definition) is 14. The first-order valence-electron chi connectivity index (χ1n) is 16.5. The summed E-state index contributed by atoms with van der Waals surface area (Å²) in [4.78, 5) is 37.0. The molecular formula is C34H65NO13. The number of hydrogen-bond donors (Lipinski definition) is 5. The zero-order chi connectivity index (χ0) is 37.6. The first-order valence-corrected chi connectivity index (χ1v) is 16.5. The number of ether oxygens (including phenoxy) is 6. The monoisotopic (exact) mass is 695 g/mol. The van der Waals surface area contributed by atoms with Crippen LogP contribution in [-0.4, -0.2) is 131 Å². The molecule has 0 aromatic heterocycles. The normalized spacial score (nSPS) is 15.8. The molecule has 0 aromatic carbocycles. The van der Waals surface area contributed by atoms with Gasteiger partial charge in [-0.3, -0.25) is 19.7 Å². The van der Waals surface area contributed by atoms with Gasteiger partial charge in [0.1, 0.15) is 29.0 Å². The highest BCUT2D eigenvalue weighted by atomic mass is 16.6. The average Bonchev–Trinajstić information content (AvgIpc) is 2.89. The lowest BCUT2D eigenvalue weighted by atomic mass is 9.79. The fourth-order valence-corrected chi connectivity index (χ4v) is 4.37. The lowest BCUT2D eigenvalue weighted by molar-refractivity contribution is -0.157. The Labute approximate surface area is 287 Å². The minimum absolute atomic E-state index is 0.0389. The molecule has 0 aromatic rings. The predicted octanol–water partition coefficient (Wildman–Crippen LogP) is 2.05. The van der Waals surface area contributed by atoms with Crippen LogP contribution in [-0.2, 0) is 42.8 Å². The lowest BCUT2D eigenvalue weighted by Crippen LogP contribution is -2.67. The van der Waals surface area contributed by atoms with Crippen LogP contribution in [0.25, 0.3) is 0 Å².